The zero-order chi connectivity index (χ0) is 55.8. The number of furan rings is 2. The monoisotopic (exact) mass is 1030 g/mol. The predicted octanol–water partition coefficient (Wildman–Crippen LogP) is 21.5. The van der Waals surface area contributed by atoms with Crippen LogP contribution in [0.2, 0.25) is 0 Å². The van der Waals surface area contributed by atoms with Crippen molar-refractivity contribution in [3.8, 4) is 56.3 Å². The highest BCUT2D eigenvalue weighted by molar-refractivity contribution is 6.11. The Bertz CT molecular complexity index is 3690. The summed E-state index contributed by atoms with van der Waals surface area (Å²) in [5.41, 5.74) is 18.5. The van der Waals surface area contributed by atoms with Gasteiger partial charge in [0.1, 0.15) is 23.0 Å². The summed E-state index contributed by atoms with van der Waals surface area (Å²) in [6.07, 6.45) is 0. The summed E-state index contributed by atoms with van der Waals surface area (Å²) < 4.78 is 18.7. The number of hydrogen-bond acceptors (Lipinski definition) is 2. The van der Waals surface area contributed by atoms with E-state index >= 15 is 0 Å². The van der Waals surface area contributed by atoms with Crippen LogP contribution in [0.4, 0.5) is 0 Å². The van der Waals surface area contributed by atoms with Crippen LogP contribution >= 0.6 is 0 Å². The Hall–Kier alpha value is -7.30. The highest BCUT2D eigenvalue weighted by atomic mass is 16.3. The maximum atomic E-state index is 6.91. The summed E-state index contributed by atoms with van der Waals surface area (Å²) >= 11 is 0. The molecule has 78 heavy (non-hydrogen) atoms. The van der Waals surface area contributed by atoms with Crippen LogP contribution in [0.3, 0.4) is 0 Å². The molecule has 398 valence electrons. The number of rotatable bonds is 6. The van der Waals surface area contributed by atoms with E-state index in [9.17, 15) is 0 Å². The summed E-state index contributed by atoms with van der Waals surface area (Å²) in [6.45, 7) is 40.9. The summed E-state index contributed by atoms with van der Waals surface area (Å²) in [4.78, 5) is 0. The molecule has 4 heteroatoms. The molecule has 0 aliphatic heterocycles. The number of aromatic nitrogens is 2. The van der Waals surface area contributed by atoms with Gasteiger partial charge < -0.3 is 18.0 Å². The lowest BCUT2D eigenvalue weighted by Gasteiger charge is -2.19. The van der Waals surface area contributed by atoms with E-state index in [4.69, 9.17) is 8.83 Å². The number of benzene rings is 7. The van der Waals surface area contributed by atoms with Crippen molar-refractivity contribution in [3.63, 3.8) is 0 Å². The first-order valence-electron chi connectivity index (χ1n) is 28.2. The first kappa shape index (κ1) is 52.7. The minimum absolute atomic E-state index is 0.0224. The molecule has 0 saturated carbocycles. The van der Waals surface area contributed by atoms with Gasteiger partial charge in [0.2, 0.25) is 0 Å². The molecule has 0 unspecified atom stereocenters. The van der Waals surface area contributed by atoms with Crippen molar-refractivity contribution >= 4 is 43.6 Å². The Kier molecular flexibility index (Phi) is 12.3. The van der Waals surface area contributed by atoms with Gasteiger partial charge in [-0.2, -0.15) is 0 Å². The second-order valence-corrected chi connectivity index (χ2v) is 28.5. The molecule has 11 rings (SSSR count). The molecule has 11 aromatic rings. The van der Waals surface area contributed by atoms with Gasteiger partial charge in [-0.25, -0.2) is 0 Å². The van der Waals surface area contributed by atoms with Crippen molar-refractivity contribution in [2.24, 2.45) is 0 Å². The van der Waals surface area contributed by atoms with E-state index in [0.29, 0.717) is 0 Å². The lowest BCUT2D eigenvalue weighted by atomic mass is 9.85. The van der Waals surface area contributed by atoms with Gasteiger partial charge in [-0.05, 0) is 175 Å². The van der Waals surface area contributed by atoms with E-state index < -0.39 is 0 Å². The number of fused-ring (bicyclic) bond motifs is 6. The molecule has 0 N–H and O–H groups in total. The fourth-order valence-corrected chi connectivity index (χ4v) is 11.3. The molecule has 0 radical (unpaired) electrons. The van der Waals surface area contributed by atoms with Gasteiger partial charge in [-0.1, -0.05) is 173 Å². The molecule has 0 atom stereocenters. The average molecular weight is 1030 g/mol. The standard InChI is InChI=1S/C74H80N2O2/c1-69(2,3)47-23-31-61-55(39-47)56-40-48(70(4,5)6)24-32-62(56)75(61)51-27-19-45(20-28-51)53-43-60(66-36-38-68(78-66)74(16,17)18)54(44-59(53)65-35-37-67(77-65)73(13,14)15)46-21-29-52(30-22-46)76-63-33-25-49(71(7,8)9)41-57(63)58-42-50(72(10,11)12)26-34-64(58)76/h19-44H,1-18H3. The topological polar surface area (TPSA) is 36.1 Å². The normalized spacial score (nSPS) is 13.3. The van der Waals surface area contributed by atoms with Crippen LogP contribution in [0.25, 0.3) is 99.9 Å². The highest BCUT2D eigenvalue weighted by Crippen LogP contribution is 2.46. The maximum absolute atomic E-state index is 6.91. The van der Waals surface area contributed by atoms with Crippen LogP contribution in [-0.2, 0) is 32.5 Å². The van der Waals surface area contributed by atoms with Gasteiger partial charge in [-0.3, -0.25) is 0 Å². The van der Waals surface area contributed by atoms with E-state index in [1.807, 2.05) is 0 Å². The van der Waals surface area contributed by atoms with Gasteiger partial charge in [-0.15, -0.1) is 0 Å². The van der Waals surface area contributed by atoms with Gasteiger partial charge in [0, 0.05) is 54.9 Å². The van der Waals surface area contributed by atoms with Crippen LogP contribution in [0.15, 0.2) is 167 Å². The molecule has 0 aliphatic rings. The van der Waals surface area contributed by atoms with Crippen molar-refractivity contribution in [3.05, 3.63) is 191 Å². The van der Waals surface area contributed by atoms with E-state index in [0.717, 1.165) is 67.8 Å². The Morgan fingerprint density at radius 2 is 0.526 bits per heavy atom. The van der Waals surface area contributed by atoms with Crippen LogP contribution in [0.1, 0.15) is 158 Å². The van der Waals surface area contributed by atoms with E-state index in [1.54, 1.807) is 0 Å². The fourth-order valence-electron chi connectivity index (χ4n) is 11.3. The van der Waals surface area contributed by atoms with E-state index in [-0.39, 0.29) is 32.5 Å². The molecular formula is C74H80N2O2. The zero-order valence-corrected chi connectivity index (χ0v) is 49.7. The Balaban J connectivity index is 1.10. The van der Waals surface area contributed by atoms with Crippen molar-refractivity contribution in [1.29, 1.82) is 0 Å². The molecule has 0 amide bonds. The Morgan fingerprint density at radius 3 is 0.756 bits per heavy atom. The summed E-state index contributed by atoms with van der Waals surface area (Å²) in [7, 11) is 0. The average Bonchev–Trinajstić information content (AvgIpc) is 4.24. The fraction of sp³-hybridized carbons (Fsp3) is 0.324. The molecule has 4 heterocycles. The second kappa shape index (κ2) is 18.1. The second-order valence-electron chi connectivity index (χ2n) is 28.5. The van der Waals surface area contributed by atoms with Gasteiger partial charge >= 0.3 is 0 Å². The Morgan fingerprint density at radius 1 is 0.256 bits per heavy atom. The van der Waals surface area contributed by atoms with Crippen LogP contribution < -0.4 is 0 Å². The number of hydrogen-bond donors (Lipinski definition) is 0. The van der Waals surface area contributed by atoms with Crippen LogP contribution in [0, 0.1) is 0 Å². The lowest BCUT2D eigenvalue weighted by molar-refractivity contribution is 0.416. The molecule has 4 aromatic heterocycles. The molecule has 0 fully saturated rings. The van der Waals surface area contributed by atoms with Crippen molar-refractivity contribution in [2.75, 3.05) is 0 Å². The zero-order valence-electron chi connectivity index (χ0n) is 49.7. The first-order chi connectivity index (χ1) is 36.4. The molecule has 4 nitrogen and oxygen atoms in total. The van der Waals surface area contributed by atoms with Crippen LogP contribution in [-0.4, -0.2) is 9.13 Å². The summed E-state index contributed by atoms with van der Waals surface area (Å²) in [5, 5.41) is 5.12. The third-order valence-corrected chi connectivity index (χ3v) is 16.2. The quantitative estimate of drug-likeness (QED) is 0.166. The van der Waals surface area contributed by atoms with Gasteiger partial charge in [0.15, 0.2) is 0 Å². The molecule has 7 aromatic carbocycles. The van der Waals surface area contributed by atoms with E-state index in [1.165, 1.54) is 65.9 Å². The van der Waals surface area contributed by atoms with Crippen LogP contribution in [0.5, 0.6) is 0 Å². The van der Waals surface area contributed by atoms with Crippen molar-refractivity contribution in [1.82, 2.24) is 9.13 Å². The smallest absolute Gasteiger partial charge is 0.134 e. The summed E-state index contributed by atoms with van der Waals surface area (Å²) in [5.74, 6) is 3.56. The number of nitrogens with zero attached hydrogens (tertiary/aromatic N) is 2. The minimum Gasteiger partial charge on any atom is -0.461 e. The maximum Gasteiger partial charge on any atom is 0.134 e. The molecule has 0 saturated heterocycles. The Labute approximate surface area is 464 Å². The van der Waals surface area contributed by atoms with Gasteiger partial charge in [0.25, 0.3) is 0 Å². The van der Waals surface area contributed by atoms with E-state index in [2.05, 4.69) is 291 Å². The molecule has 0 bridgehead atoms. The first-order valence-corrected chi connectivity index (χ1v) is 28.2. The predicted molar refractivity (Wildman–Crippen MR) is 334 cm³/mol. The van der Waals surface area contributed by atoms with Gasteiger partial charge in [0.05, 0.1) is 22.1 Å². The summed E-state index contributed by atoms with van der Waals surface area (Å²) in [6, 6.07) is 59.8. The third kappa shape index (κ3) is 9.43. The van der Waals surface area contributed by atoms with Crippen molar-refractivity contribution < 1.29 is 8.83 Å². The molecule has 0 spiro atoms. The SMILES string of the molecule is CC(C)(C)c1ccc2c(c1)c1cc(C(C)(C)C)ccc1n2-c1ccc(-c2cc(-c3ccc(C(C)(C)C)o3)c(-c3ccc(-n4c5ccc(C(C)(C)C)cc5c5cc(C(C)(C)C)ccc54)cc3)cc2-c2ccc(C(C)(C)C)o2)cc1. The molecule has 0 aliphatic carbocycles. The lowest BCUT2D eigenvalue weighted by Crippen LogP contribution is -2.10. The highest BCUT2D eigenvalue weighted by Gasteiger charge is 2.27. The largest absolute Gasteiger partial charge is 0.461 e. The molecular weight excluding hydrogens is 949 g/mol. The minimum atomic E-state index is -0.171. The van der Waals surface area contributed by atoms with Crippen molar-refractivity contribution in [2.45, 2.75) is 157 Å². The third-order valence-electron chi connectivity index (χ3n) is 16.2.